The quantitative estimate of drug-likeness (QED) is 0.504. The molecule has 0 aliphatic carbocycles. The first-order chi connectivity index (χ1) is 8.69. The maximum Gasteiger partial charge on any atom is 0.194 e. The molecule has 0 aliphatic heterocycles. The molecule has 1 aromatic carbocycles. The normalized spacial score (nSPS) is 11.2. The van der Waals surface area contributed by atoms with Gasteiger partial charge in [0.1, 0.15) is 0 Å². The van der Waals surface area contributed by atoms with Crippen molar-refractivity contribution in [2.75, 3.05) is 20.1 Å². The molecule has 0 fully saturated rings. The van der Waals surface area contributed by atoms with Gasteiger partial charge >= 0.3 is 0 Å². The first-order valence-corrected chi connectivity index (χ1v) is 6.40. The zero-order chi connectivity index (χ0) is 13.4. The number of aliphatic imine (C=N–C) groups is 1. The van der Waals surface area contributed by atoms with Crippen LogP contribution in [-0.2, 0) is 6.54 Å². The van der Waals surface area contributed by atoms with Crippen LogP contribution in [0, 0.1) is 0 Å². The highest BCUT2D eigenvalue weighted by Crippen LogP contribution is 2.16. The van der Waals surface area contributed by atoms with Gasteiger partial charge in [0, 0.05) is 25.2 Å². The Kier molecular flexibility index (Phi) is 6.29. The predicted molar refractivity (Wildman–Crippen MR) is 79.1 cm³/mol. The fraction of sp³-hybridized carbons (Fsp3) is 0.357. The van der Waals surface area contributed by atoms with Crippen molar-refractivity contribution in [1.29, 1.82) is 0 Å². The standard InChI is InChI=1S/C14H20ClN3/c1-4-10-17-14(16-5-2)18(3)11-12-8-6-7-9-13(12)15/h4,6-9H,1,5,10-11H2,2-3H3,(H,16,17). The number of hydrogen-bond donors (Lipinski definition) is 1. The molecule has 1 N–H and O–H groups in total. The number of benzene rings is 1. The second-order valence-corrected chi connectivity index (χ2v) is 4.34. The molecular formula is C14H20ClN3. The Morgan fingerprint density at radius 1 is 1.50 bits per heavy atom. The molecule has 0 amide bonds. The molecule has 1 aromatic rings. The van der Waals surface area contributed by atoms with Crippen LogP contribution in [0.5, 0.6) is 0 Å². The van der Waals surface area contributed by atoms with Gasteiger partial charge in [-0.25, -0.2) is 4.99 Å². The predicted octanol–water partition coefficient (Wildman–Crippen LogP) is 2.92. The minimum atomic E-state index is 0.606. The Morgan fingerprint density at radius 2 is 2.22 bits per heavy atom. The van der Waals surface area contributed by atoms with Gasteiger partial charge in [0.15, 0.2) is 5.96 Å². The molecule has 0 aromatic heterocycles. The van der Waals surface area contributed by atoms with E-state index >= 15 is 0 Å². The first-order valence-electron chi connectivity index (χ1n) is 6.02. The van der Waals surface area contributed by atoms with Crippen LogP contribution in [0.2, 0.25) is 5.02 Å². The number of guanidine groups is 1. The molecule has 4 heteroatoms. The summed E-state index contributed by atoms with van der Waals surface area (Å²) < 4.78 is 0. The molecule has 0 radical (unpaired) electrons. The van der Waals surface area contributed by atoms with Gasteiger partial charge in [-0.2, -0.15) is 0 Å². The number of nitrogens with one attached hydrogen (secondary N) is 1. The molecule has 1 rings (SSSR count). The van der Waals surface area contributed by atoms with Gasteiger partial charge in [-0.3, -0.25) is 0 Å². The molecule has 3 nitrogen and oxygen atoms in total. The van der Waals surface area contributed by atoms with Crippen LogP contribution in [0.25, 0.3) is 0 Å². The zero-order valence-electron chi connectivity index (χ0n) is 11.0. The maximum absolute atomic E-state index is 6.15. The van der Waals surface area contributed by atoms with E-state index in [2.05, 4.69) is 16.9 Å². The van der Waals surface area contributed by atoms with Crippen molar-refractivity contribution in [2.45, 2.75) is 13.5 Å². The summed E-state index contributed by atoms with van der Waals surface area (Å²) in [4.78, 5) is 6.48. The molecule has 0 aliphatic rings. The summed E-state index contributed by atoms with van der Waals surface area (Å²) in [6, 6.07) is 7.85. The van der Waals surface area contributed by atoms with Gasteiger partial charge in [0.25, 0.3) is 0 Å². The Hall–Kier alpha value is -1.48. The number of nitrogens with zero attached hydrogens (tertiary/aromatic N) is 2. The summed E-state index contributed by atoms with van der Waals surface area (Å²) in [5, 5.41) is 4.02. The van der Waals surface area contributed by atoms with Gasteiger partial charge in [-0.05, 0) is 18.6 Å². The van der Waals surface area contributed by atoms with E-state index in [0.29, 0.717) is 6.54 Å². The molecule has 0 saturated carbocycles. The largest absolute Gasteiger partial charge is 0.357 e. The van der Waals surface area contributed by atoms with Crippen LogP contribution in [0.15, 0.2) is 41.9 Å². The minimum Gasteiger partial charge on any atom is -0.357 e. The highest BCUT2D eigenvalue weighted by molar-refractivity contribution is 6.31. The zero-order valence-corrected chi connectivity index (χ0v) is 11.7. The van der Waals surface area contributed by atoms with Crippen molar-refractivity contribution in [2.24, 2.45) is 4.99 Å². The Balaban J connectivity index is 2.75. The summed E-state index contributed by atoms with van der Waals surface area (Å²) in [7, 11) is 1.99. The second kappa shape index (κ2) is 7.77. The Bertz CT molecular complexity index is 415. The number of rotatable bonds is 5. The minimum absolute atomic E-state index is 0.606. The lowest BCUT2D eigenvalue weighted by molar-refractivity contribution is 0.478. The van der Waals surface area contributed by atoms with Crippen LogP contribution in [-0.4, -0.2) is 31.0 Å². The van der Waals surface area contributed by atoms with Gasteiger partial charge in [0.2, 0.25) is 0 Å². The van der Waals surface area contributed by atoms with Gasteiger partial charge in [-0.15, -0.1) is 6.58 Å². The monoisotopic (exact) mass is 265 g/mol. The van der Waals surface area contributed by atoms with Gasteiger partial charge in [0.05, 0.1) is 6.54 Å². The van der Waals surface area contributed by atoms with Crippen LogP contribution in [0.4, 0.5) is 0 Å². The molecule has 0 heterocycles. The molecule has 0 unspecified atom stereocenters. The lowest BCUT2D eigenvalue weighted by atomic mass is 10.2. The van der Waals surface area contributed by atoms with E-state index in [9.17, 15) is 0 Å². The fourth-order valence-electron chi connectivity index (χ4n) is 1.58. The third-order valence-electron chi connectivity index (χ3n) is 2.43. The first kappa shape index (κ1) is 14.6. The van der Waals surface area contributed by atoms with Crippen molar-refractivity contribution in [3.63, 3.8) is 0 Å². The van der Waals surface area contributed by atoms with Gasteiger partial charge < -0.3 is 10.2 Å². The maximum atomic E-state index is 6.15. The van der Waals surface area contributed by atoms with Crippen molar-refractivity contribution in [3.05, 3.63) is 47.5 Å². The fourth-order valence-corrected chi connectivity index (χ4v) is 1.77. The van der Waals surface area contributed by atoms with Crippen LogP contribution < -0.4 is 5.32 Å². The average Bonchev–Trinajstić information content (AvgIpc) is 2.37. The van der Waals surface area contributed by atoms with Crippen LogP contribution in [0.3, 0.4) is 0 Å². The van der Waals surface area contributed by atoms with Crippen molar-refractivity contribution in [3.8, 4) is 0 Å². The van der Waals surface area contributed by atoms with E-state index in [-0.39, 0.29) is 0 Å². The van der Waals surface area contributed by atoms with E-state index in [4.69, 9.17) is 11.6 Å². The SMILES string of the molecule is C=CCN=C(NCC)N(C)Cc1ccccc1Cl. The Labute approximate surface area is 114 Å². The summed E-state index contributed by atoms with van der Waals surface area (Å²) in [5.41, 5.74) is 1.09. The number of halogens is 1. The third-order valence-corrected chi connectivity index (χ3v) is 2.80. The topological polar surface area (TPSA) is 27.6 Å². The number of hydrogen-bond acceptors (Lipinski definition) is 1. The molecule has 0 bridgehead atoms. The Morgan fingerprint density at radius 3 is 2.83 bits per heavy atom. The molecule has 0 spiro atoms. The highest BCUT2D eigenvalue weighted by atomic mass is 35.5. The molecule has 98 valence electrons. The van der Waals surface area contributed by atoms with Crippen molar-refractivity contribution >= 4 is 17.6 Å². The summed E-state index contributed by atoms with van der Waals surface area (Å²) in [6.45, 7) is 7.89. The summed E-state index contributed by atoms with van der Waals surface area (Å²) in [6.07, 6.45) is 1.78. The molecule has 0 atom stereocenters. The van der Waals surface area contributed by atoms with Crippen LogP contribution in [0.1, 0.15) is 12.5 Å². The van der Waals surface area contributed by atoms with Crippen molar-refractivity contribution in [1.82, 2.24) is 10.2 Å². The van der Waals surface area contributed by atoms with Crippen molar-refractivity contribution < 1.29 is 0 Å². The average molecular weight is 266 g/mol. The lowest BCUT2D eigenvalue weighted by Crippen LogP contribution is -2.38. The van der Waals surface area contributed by atoms with E-state index in [1.54, 1.807) is 6.08 Å². The summed E-state index contributed by atoms with van der Waals surface area (Å²) in [5.74, 6) is 0.859. The van der Waals surface area contributed by atoms with E-state index in [1.165, 1.54) is 0 Å². The lowest BCUT2D eigenvalue weighted by Gasteiger charge is -2.22. The van der Waals surface area contributed by atoms with E-state index < -0.39 is 0 Å². The second-order valence-electron chi connectivity index (χ2n) is 3.93. The van der Waals surface area contributed by atoms with Crippen LogP contribution >= 0.6 is 11.6 Å². The van der Waals surface area contributed by atoms with E-state index in [0.717, 1.165) is 29.6 Å². The van der Waals surface area contributed by atoms with E-state index in [1.807, 2.05) is 43.1 Å². The smallest absolute Gasteiger partial charge is 0.194 e. The molecule has 18 heavy (non-hydrogen) atoms. The highest BCUT2D eigenvalue weighted by Gasteiger charge is 2.07. The molecule has 0 saturated heterocycles. The van der Waals surface area contributed by atoms with Gasteiger partial charge in [-0.1, -0.05) is 35.9 Å². The summed E-state index contributed by atoms with van der Waals surface area (Å²) >= 11 is 6.15. The molecular weight excluding hydrogens is 246 g/mol. The third kappa shape index (κ3) is 4.41.